The smallest absolute Gasteiger partial charge is 0.122 e. The van der Waals surface area contributed by atoms with Crippen molar-refractivity contribution in [2.75, 3.05) is 28.3 Å². The van der Waals surface area contributed by atoms with E-state index in [-0.39, 0.29) is 0 Å². The Balaban J connectivity index is 0.00000106. The fraction of sp³-hybridized carbons (Fsp3) is 0.538. The van der Waals surface area contributed by atoms with Gasteiger partial charge in [0, 0.05) is 12.6 Å². The summed E-state index contributed by atoms with van der Waals surface area (Å²) in [5.41, 5.74) is 1.19. The van der Waals surface area contributed by atoms with Gasteiger partial charge in [0.1, 0.15) is 11.5 Å². The lowest BCUT2D eigenvalue weighted by molar-refractivity contribution is 0.381. The molecule has 0 saturated carbocycles. The predicted molar refractivity (Wildman–Crippen MR) is 68.3 cm³/mol. The highest BCUT2D eigenvalue weighted by molar-refractivity contribution is 5.38. The molecule has 0 unspecified atom stereocenters. The van der Waals surface area contributed by atoms with Crippen molar-refractivity contribution in [3.05, 3.63) is 23.8 Å². The van der Waals surface area contributed by atoms with Gasteiger partial charge < -0.3 is 14.4 Å². The molecule has 0 radical (unpaired) electrons. The molecule has 0 aromatic heterocycles. The Morgan fingerprint density at radius 3 is 1.69 bits per heavy atom. The van der Waals surface area contributed by atoms with Crippen molar-refractivity contribution in [1.29, 1.82) is 0 Å². The molecular weight excluding hydrogens is 202 g/mol. The lowest BCUT2D eigenvalue weighted by atomic mass is 10.2. The minimum atomic E-state index is 0.834. The Labute approximate surface area is 99.0 Å². The molecule has 0 spiro atoms. The number of rotatable bonds is 4. The molecule has 3 heteroatoms. The Hall–Kier alpha value is -1.22. The number of nitrogens with zero attached hydrogens (tertiary/aromatic N) is 1. The second kappa shape index (κ2) is 7.99. The molecule has 0 aliphatic carbocycles. The minimum Gasteiger partial charge on any atom is -0.497 e. The molecule has 0 heterocycles. The van der Waals surface area contributed by atoms with Crippen LogP contribution in [0.15, 0.2) is 18.2 Å². The molecule has 0 aliphatic rings. The molecular formula is C13H23NO2. The van der Waals surface area contributed by atoms with Crippen molar-refractivity contribution in [2.45, 2.75) is 20.4 Å². The summed E-state index contributed by atoms with van der Waals surface area (Å²) in [5, 5.41) is 0. The van der Waals surface area contributed by atoms with Crippen molar-refractivity contribution in [3.8, 4) is 11.5 Å². The van der Waals surface area contributed by atoms with Crippen LogP contribution in [-0.4, -0.2) is 33.2 Å². The van der Waals surface area contributed by atoms with E-state index >= 15 is 0 Å². The van der Waals surface area contributed by atoms with Gasteiger partial charge in [0.2, 0.25) is 0 Å². The molecule has 0 N–H and O–H groups in total. The fourth-order valence-electron chi connectivity index (χ4n) is 1.32. The summed E-state index contributed by atoms with van der Waals surface area (Å²) in [6, 6.07) is 5.91. The largest absolute Gasteiger partial charge is 0.497 e. The molecule has 0 saturated heterocycles. The van der Waals surface area contributed by atoms with Crippen LogP contribution in [0.2, 0.25) is 0 Å². The van der Waals surface area contributed by atoms with Crippen LogP contribution in [-0.2, 0) is 6.54 Å². The number of hydrogen-bond donors (Lipinski definition) is 0. The lowest BCUT2D eigenvalue weighted by Crippen LogP contribution is -2.10. The number of hydrogen-bond acceptors (Lipinski definition) is 3. The van der Waals surface area contributed by atoms with Gasteiger partial charge in [-0.15, -0.1) is 0 Å². The van der Waals surface area contributed by atoms with Gasteiger partial charge in [0.05, 0.1) is 14.2 Å². The van der Waals surface area contributed by atoms with Crippen LogP contribution in [0.25, 0.3) is 0 Å². The minimum absolute atomic E-state index is 0.834. The SMILES string of the molecule is CC.COc1cc(CN(C)C)cc(OC)c1. The third kappa shape index (κ3) is 5.03. The second-order valence-electron chi connectivity index (χ2n) is 3.46. The van der Waals surface area contributed by atoms with Gasteiger partial charge in [0.25, 0.3) is 0 Å². The average molecular weight is 225 g/mol. The van der Waals surface area contributed by atoms with Crippen LogP contribution in [0.3, 0.4) is 0 Å². The first-order valence-corrected chi connectivity index (χ1v) is 5.52. The molecule has 92 valence electrons. The van der Waals surface area contributed by atoms with Crippen molar-refractivity contribution in [3.63, 3.8) is 0 Å². The highest BCUT2D eigenvalue weighted by atomic mass is 16.5. The van der Waals surface area contributed by atoms with Crippen LogP contribution in [0.1, 0.15) is 19.4 Å². The van der Waals surface area contributed by atoms with Crippen molar-refractivity contribution in [1.82, 2.24) is 4.90 Å². The van der Waals surface area contributed by atoms with E-state index in [0.717, 1.165) is 18.0 Å². The topological polar surface area (TPSA) is 21.7 Å². The van der Waals surface area contributed by atoms with E-state index in [9.17, 15) is 0 Å². The second-order valence-corrected chi connectivity index (χ2v) is 3.46. The van der Waals surface area contributed by atoms with Gasteiger partial charge in [-0.05, 0) is 31.8 Å². The average Bonchev–Trinajstić information content (AvgIpc) is 2.30. The summed E-state index contributed by atoms with van der Waals surface area (Å²) < 4.78 is 10.4. The molecule has 16 heavy (non-hydrogen) atoms. The maximum atomic E-state index is 5.18. The number of benzene rings is 1. The normalized spacial score (nSPS) is 9.44. The zero-order chi connectivity index (χ0) is 12.6. The van der Waals surface area contributed by atoms with Gasteiger partial charge in [-0.2, -0.15) is 0 Å². The molecule has 0 aliphatic heterocycles. The Kier molecular flexibility index (Phi) is 7.38. The van der Waals surface area contributed by atoms with Crippen LogP contribution < -0.4 is 9.47 Å². The van der Waals surface area contributed by atoms with E-state index in [4.69, 9.17) is 9.47 Å². The Morgan fingerprint density at radius 1 is 0.938 bits per heavy atom. The summed E-state index contributed by atoms with van der Waals surface area (Å²) in [4.78, 5) is 2.11. The first kappa shape index (κ1) is 14.8. The summed E-state index contributed by atoms with van der Waals surface area (Å²) >= 11 is 0. The summed E-state index contributed by atoms with van der Waals surface area (Å²) in [6.45, 7) is 4.88. The van der Waals surface area contributed by atoms with E-state index in [2.05, 4.69) is 4.90 Å². The monoisotopic (exact) mass is 225 g/mol. The van der Waals surface area contributed by atoms with E-state index < -0.39 is 0 Å². The Bertz CT molecular complexity index is 276. The van der Waals surface area contributed by atoms with E-state index in [1.165, 1.54) is 5.56 Å². The Morgan fingerprint density at radius 2 is 1.38 bits per heavy atom. The van der Waals surface area contributed by atoms with Gasteiger partial charge in [-0.1, -0.05) is 13.8 Å². The predicted octanol–water partition coefficient (Wildman–Crippen LogP) is 2.79. The maximum Gasteiger partial charge on any atom is 0.122 e. The van der Waals surface area contributed by atoms with Gasteiger partial charge in [-0.3, -0.25) is 0 Å². The third-order valence-corrected chi connectivity index (χ3v) is 1.91. The van der Waals surface area contributed by atoms with Crippen molar-refractivity contribution < 1.29 is 9.47 Å². The fourth-order valence-corrected chi connectivity index (χ4v) is 1.32. The third-order valence-electron chi connectivity index (χ3n) is 1.91. The number of ether oxygens (including phenoxy) is 2. The standard InChI is InChI=1S/C11H17NO2.C2H6/c1-12(2)8-9-5-10(13-3)7-11(6-9)14-4;1-2/h5-7H,8H2,1-4H3;1-2H3. The van der Waals surface area contributed by atoms with Gasteiger partial charge in [0.15, 0.2) is 0 Å². The summed E-state index contributed by atoms with van der Waals surface area (Å²) in [7, 11) is 7.39. The molecule has 1 rings (SSSR count). The molecule has 0 fully saturated rings. The van der Waals surface area contributed by atoms with Crippen LogP contribution in [0.4, 0.5) is 0 Å². The lowest BCUT2D eigenvalue weighted by Gasteiger charge is -2.12. The quantitative estimate of drug-likeness (QED) is 0.786. The summed E-state index contributed by atoms with van der Waals surface area (Å²) in [6.07, 6.45) is 0. The highest BCUT2D eigenvalue weighted by Crippen LogP contribution is 2.22. The van der Waals surface area contributed by atoms with Crippen LogP contribution in [0.5, 0.6) is 11.5 Å². The zero-order valence-electron chi connectivity index (χ0n) is 11.2. The molecule has 0 atom stereocenters. The highest BCUT2D eigenvalue weighted by Gasteiger charge is 2.02. The van der Waals surface area contributed by atoms with Crippen molar-refractivity contribution >= 4 is 0 Å². The molecule has 3 nitrogen and oxygen atoms in total. The molecule has 1 aromatic rings. The molecule has 0 bridgehead atoms. The first-order valence-electron chi connectivity index (χ1n) is 5.52. The first-order chi connectivity index (χ1) is 7.65. The number of methoxy groups -OCH3 is 2. The van der Waals surface area contributed by atoms with Gasteiger partial charge in [-0.25, -0.2) is 0 Å². The van der Waals surface area contributed by atoms with Crippen LogP contribution >= 0.6 is 0 Å². The van der Waals surface area contributed by atoms with E-state index in [1.54, 1.807) is 14.2 Å². The van der Waals surface area contributed by atoms with E-state index in [0.29, 0.717) is 0 Å². The molecule has 1 aromatic carbocycles. The summed E-state index contributed by atoms with van der Waals surface area (Å²) in [5.74, 6) is 1.67. The van der Waals surface area contributed by atoms with Crippen LogP contribution in [0, 0.1) is 0 Å². The van der Waals surface area contributed by atoms with Gasteiger partial charge >= 0.3 is 0 Å². The maximum absolute atomic E-state index is 5.18. The zero-order valence-corrected chi connectivity index (χ0v) is 11.2. The van der Waals surface area contributed by atoms with Crippen molar-refractivity contribution in [2.24, 2.45) is 0 Å². The molecule has 0 amide bonds. The van der Waals surface area contributed by atoms with E-state index in [1.807, 2.05) is 46.1 Å².